The van der Waals surface area contributed by atoms with Crippen molar-refractivity contribution in [3.63, 3.8) is 0 Å². The minimum atomic E-state index is -2.00. The van der Waals surface area contributed by atoms with Crippen molar-refractivity contribution in [2.75, 3.05) is 0 Å². The van der Waals surface area contributed by atoms with Crippen LogP contribution in [0.5, 0.6) is 5.75 Å². The highest BCUT2D eigenvalue weighted by molar-refractivity contribution is 6.55. The molecule has 3 atom stereocenters. The third-order valence-electron chi connectivity index (χ3n) is 5.74. The number of benzene rings is 2. The first-order valence-electron chi connectivity index (χ1n) is 11.2. The second kappa shape index (κ2) is 11.6. The van der Waals surface area contributed by atoms with Crippen molar-refractivity contribution in [2.45, 2.75) is 33.0 Å². The predicted molar refractivity (Wildman–Crippen MR) is 137 cm³/mol. The molecule has 0 spiro atoms. The largest absolute Gasteiger partial charge is 0.437 e. The van der Waals surface area contributed by atoms with Crippen molar-refractivity contribution in [1.82, 2.24) is 4.98 Å². The second-order valence-electron chi connectivity index (χ2n) is 8.45. The van der Waals surface area contributed by atoms with Gasteiger partial charge in [0.15, 0.2) is 0 Å². The average Bonchev–Trinajstić information content (AvgIpc) is 2.83. The Morgan fingerprint density at radius 2 is 1.83 bits per heavy atom. The van der Waals surface area contributed by atoms with E-state index in [-0.39, 0.29) is 27.8 Å². The second-order valence-corrected chi connectivity index (χ2v) is 9.46. The van der Waals surface area contributed by atoms with Gasteiger partial charge < -0.3 is 9.47 Å². The van der Waals surface area contributed by atoms with Gasteiger partial charge in [-0.1, -0.05) is 74.3 Å². The maximum atomic E-state index is 13.6. The van der Waals surface area contributed by atoms with Crippen LogP contribution in [0.1, 0.15) is 32.9 Å². The molecule has 2 aromatic carbocycles. The van der Waals surface area contributed by atoms with Gasteiger partial charge in [0.1, 0.15) is 21.8 Å². The molecule has 3 aromatic rings. The number of fused-ring (bicyclic) bond motifs is 1. The summed E-state index contributed by atoms with van der Waals surface area (Å²) in [4.78, 5) is 18.1. The van der Waals surface area contributed by atoms with Gasteiger partial charge in [-0.2, -0.15) is 0 Å². The Hall–Kier alpha value is -3.07. The van der Waals surface area contributed by atoms with Gasteiger partial charge in [-0.3, -0.25) is 9.78 Å². The standard InChI is InChI=1S/C28H26Cl2FNO3/c1-5-19(16-25(29)30)26(18(3)4)27(33)35-28(6-2,34-23-13-11-22(31)12-14-23)24-15-20-9-7-8-10-21(20)17-32-24/h2,7-19,26H,5H2,1,3-4H3. The summed E-state index contributed by atoms with van der Waals surface area (Å²) in [5.41, 5.74) is 0.206. The van der Waals surface area contributed by atoms with E-state index in [0.717, 1.165) is 10.8 Å². The number of terminal acetylenes is 1. The monoisotopic (exact) mass is 513 g/mol. The zero-order valence-corrected chi connectivity index (χ0v) is 21.2. The summed E-state index contributed by atoms with van der Waals surface area (Å²) in [5, 5.41) is 1.71. The molecule has 0 aliphatic rings. The number of carbonyl (C=O) groups excluding carboxylic acids is 1. The Labute approximate surface area is 215 Å². The third kappa shape index (κ3) is 6.33. The smallest absolute Gasteiger partial charge is 0.364 e. The van der Waals surface area contributed by atoms with Crippen LogP contribution < -0.4 is 4.74 Å². The Morgan fingerprint density at radius 1 is 1.17 bits per heavy atom. The Balaban J connectivity index is 2.10. The van der Waals surface area contributed by atoms with E-state index in [9.17, 15) is 9.18 Å². The van der Waals surface area contributed by atoms with Crippen molar-refractivity contribution in [3.05, 3.63) is 82.9 Å². The van der Waals surface area contributed by atoms with E-state index in [4.69, 9.17) is 39.1 Å². The van der Waals surface area contributed by atoms with Crippen LogP contribution in [0.3, 0.4) is 0 Å². The highest BCUT2D eigenvalue weighted by atomic mass is 35.5. The van der Waals surface area contributed by atoms with Crippen LogP contribution in [-0.4, -0.2) is 11.0 Å². The maximum absolute atomic E-state index is 13.6. The molecule has 0 saturated carbocycles. The van der Waals surface area contributed by atoms with Crippen LogP contribution in [0.4, 0.5) is 4.39 Å². The van der Waals surface area contributed by atoms with Gasteiger partial charge in [0.2, 0.25) is 0 Å². The van der Waals surface area contributed by atoms with Crippen LogP contribution in [0.15, 0.2) is 71.4 Å². The summed E-state index contributed by atoms with van der Waals surface area (Å²) in [6.07, 6.45) is 9.80. The molecule has 182 valence electrons. The lowest BCUT2D eigenvalue weighted by Gasteiger charge is -2.32. The number of esters is 1. The third-order valence-corrected chi connectivity index (χ3v) is 5.99. The molecule has 0 radical (unpaired) electrons. The molecular weight excluding hydrogens is 488 g/mol. The molecule has 35 heavy (non-hydrogen) atoms. The Bertz CT molecular complexity index is 1250. The number of ether oxygens (including phenoxy) is 2. The fourth-order valence-corrected chi connectivity index (χ4v) is 4.30. The number of aromatic nitrogens is 1. The molecule has 3 unspecified atom stereocenters. The van der Waals surface area contributed by atoms with Gasteiger partial charge in [0.05, 0.1) is 5.92 Å². The van der Waals surface area contributed by atoms with Crippen LogP contribution >= 0.6 is 23.2 Å². The minimum absolute atomic E-state index is 0.0669. The van der Waals surface area contributed by atoms with Crippen LogP contribution in [-0.2, 0) is 15.3 Å². The zero-order valence-electron chi connectivity index (χ0n) is 19.7. The number of rotatable bonds is 9. The predicted octanol–water partition coefficient (Wildman–Crippen LogP) is 7.40. The lowest BCUT2D eigenvalue weighted by Crippen LogP contribution is -2.42. The van der Waals surface area contributed by atoms with Crippen molar-refractivity contribution in [1.29, 1.82) is 0 Å². The molecule has 0 bridgehead atoms. The highest BCUT2D eigenvalue weighted by Crippen LogP contribution is 2.35. The van der Waals surface area contributed by atoms with Crippen molar-refractivity contribution < 1.29 is 18.7 Å². The zero-order chi connectivity index (χ0) is 25.6. The summed E-state index contributed by atoms with van der Waals surface area (Å²) in [7, 11) is 0. The SMILES string of the molecule is C#CC(OC(=O)C(C(C)C)C(C=C(Cl)Cl)CC)(Oc1ccc(F)cc1)c1cc2ccccc2cn1. The van der Waals surface area contributed by atoms with Gasteiger partial charge in [0, 0.05) is 11.6 Å². The molecule has 3 rings (SSSR count). The first kappa shape index (κ1) is 26.5. The van der Waals surface area contributed by atoms with E-state index in [1.165, 1.54) is 24.3 Å². The molecule has 0 aliphatic carbocycles. The number of allylic oxidation sites excluding steroid dienone is 1. The lowest BCUT2D eigenvalue weighted by atomic mass is 9.82. The summed E-state index contributed by atoms with van der Waals surface area (Å²) in [6, 6.07) is 14.5. The summed E-state index contributed by atoms with van der Waals surface area (Å²) >= 11 is 11.8. The number of pyridine rings is 1. The molecule has 0 amide bonds. The van der Waals surface area contributed by atoms with Crippen LogP contribution in [0.25, 0.3) is 10.8 Å². The summed E-state index contributed by atoms with van der Waals surface area (Å²) in [6.45, 7) is 5.73. The number of hydrogen-bond acceptors (Lipinski definition) is 4. The first-order chi connectivity index (χ1) is 16.7. The summed E-state index contributed by atoms with van der Waals surface area (Å²) < 4.78 is 25.6. The summed E-state index contributed by atoms with van der Waals surface area (Å²) in [5.74, 6) is -1.36. The van der Waals surface area contributed by atoms with E-state index in [2.05, 4.69) is 10.9 Å². The normalized spacial score (nSPS) is 14.5. The fourth-order valence-electron chi connectivity index (χ4n) is 3.98. The van der Waals surface area contributed by atoms with E-state index < -0.39 is 23.5 Å². The molecule has 0 fully saturated rings. The lowest BCUT2D eigenvalue weighted by molar-refractivity contribution is -0.192. The van der Waals surface area contributed by atoms with E-state index >= 15 is 0 Å². The molecule has 1 aromatic heterocycles. The molecule has 7 heteroatoms. The van der Waals surface area contributed by atoms with E-state index in [1.807, 2.05) is 45.0 Å². The van der Waals surface area contributed by atoms with Crippen molar-refractivity contribution in [3.8, 4) is 18.1 Å². The van der Waals surface area contributed by atoms with Gasteiger partial charge in [-0.15, -0.1) is 6.42 Å². The quantitative estimate of drug-likeness (QED) is 0.170. The van der Waals surface area contributed by atoms with Crippen LogP contribution in [0.2, 0.25) is 0 Å². The highest BCUT2D eigenvalue weighted by Gasteiger charge is 2.43. The molecule has 1 heterocycles. The van der Waals surface area contributed by atoms with E-state index in [0.29, 0.717) is 6.42 Å². The number of hydrogen-bond donors (Lipinski definition) is 0. The molecule has 0 N–H and O–H groups in total. The van der Waals surface area contributed by atoms with Crippen molar-refractivity contribution in [2.24, 2.45) is 17.8 Å². The van der Waals surface area contributed by atoms with Gasteiger partial charge >= 0.3 is 11.8 Å². The number of halogens is 3. The molecular formula is C28H26Cl2FNO3. The number of carbonyl (C=O) groups is 1. The average molecular weight is 514 g/mol. The van der Waals surface area contributed by atoms with Gasteiger partial charge in [0.25, 0.3) is 0 Å². The Kier molecular flexibility index (Phi) is 8.77. The minimum Gasteiger partial charge on any atom is -0.437 e. The fraction of sp³-hybridized carbons (Fsp3) is 0.286. The van der Waals surface area contributed by atoms with Crippen LogP contribution in [0, 0.1) is 35.9 Å². The van der Waals surface area contributed by atoms with E-state index in [1.54, 1.807) is 18.3 Å². The maximum Gasteiger partial charge on any atom is 0.364 e. The van der Waals surface area contributed by atoms with Crippen molar-refractivity contribution >= 4 is 39.9 Å². The Morgan fingerprint density at radius 3 is 2.40 bits per heavy atom. The van der Waals surface area contributed by atoms with Gasteiger partial charge in [-0.25, -0.2) is 4.39 Å². The molecule has 0 saturated heterocycles. The topological polar surface area (TPSA) is 48.4 Å². The first-order valence-corrected chi connectivity index (χ1v) is 12.0. The van der Waals surface area contributed by atoms with Gasteiger partial charge in [-0.05, 0) is 59.9 Å². The number of nitrogens with zero attached hydrogens (tertiary/aromatic N) is 1. The molecule has 4 nitrogen and oxygen atoms in total. The molecule has 0 aliphatic heterocycles.